The van der Waals surface area contributed by atoms with E-state index in [0.29, 0.717) is 0 Å². The first-order valence-corrected chi connectivity index (χ1v) is 28.7. The highest BCUT2D eigenvalue weighted by molar-refractivity contribution is 6.20. The van der Waals surface area contributed by atoms with Crippen molar-refractivity contribution in [1.82, 2.24) is 0 Å². The van der Waals surface area contributed by atoms with Crippen LogP contribution in [0.25, 0.3) is 110 Å². The first kappa shape index (κ1) is 49.6. The molecule has 0 N–H and O–H groups in total. The number of furan rings is 2. The zero-order chi connectivity index (χ0) is 55.7. The van der Waals surface area contributed by atoms with Crippen molar-refractivity contribution in [2.24, 2.45) is 0 Å². The molecular formula is C79H58N2O2. The minimum absolute atomic E-state index is 0.119. The maximum Gasteiger partial charge on any atom is 0.142 e. The average molecular weight is 1070 g/mol. The van der Waals surface area contributed by atoms with Gasteiger partial charge in [0.2, 0.25) is 0 Å². The standard InChI is InChI=1S/C79H58N2O2/c1-50(2)77-78-69(67-45-59-33-37-63(41-61(59)47-75(67)82-78)80(71-31-19-17-21-51(71)3)73-39-35-57(53-23-9-5-10-24-53)43-65(73)55-27-13-7-14-28-55)49-70-68-46-60-34-38-64(42-62(60)48-76(68)83-79(70)77)81(72-32-20-18-22-52(72)4)74-40-36-58(54-25-11-6-12-26-54)44-66(74)56-29-15-8-16-30-56/h5-50H,1-4H3. The molecule has 0 spiro atoms. The number of nitrogens with zero attached hydrogens (tertiary/aromatic N) is 2. The summed E-state index contributed by atoms with van der Waals surface area (Å²) in [4.78, 5) is 4.84. The van der Waals surface area contributed by atoms with Gasteiger partial charge < -0.3 is 18.6 Å². The Labute approximate surface area is 483 Å². The lowest BCUT2D eigenvalue weighted by atomic mass is 9.95. The Morgan fingerprint density at radius 2 is 0.675 bits per heavy atom. The molecule has 0 bridgehead atoms. The van der Waals surface area contributed by atoms with Crippen molar-refractivity contribution in [2.45, 2.75) is 33.6 Å². The van der Waals surface area contributed by atoms with Gasteiger partial charge in [0, 0.05) is 61.0 Å². The zero-order valence-corrected chi connectivity index (χ0v) is 46.8. The quantitative estimate of drug-likeness (QED) is 0.129. The van der Waals surface area contributed by atoms with Crippen molar-refractivity contribution in [2.75, 3.05) is 9.80 Å². The summed E-state index contributed by atoms with van der Waals surface area (Å²) in [6.07, 6.45) is 0. The highest BCUT2D eigenvalue weighted by Crippen LogP contribution is 2.49. The van der Waals surface area contributed by atoms with Gasteiger partial charge >= 0.3 is 0 Å². The molecule has 0 radical (unpaired) electrons. The molecule has 0 unspecified atom stereocenters. The zero-order valence-electron chi connectivity index (χ0n) is 46.8. The van der Waals surface area contributed by atoms with Gasteiger partial charge in [0.15, 0.2) is 0 Å². The molecule has 0 fully saturated rings. The van der Waals surface area contributed by atoms with Crippen LogP contribution in [0.15, 0.2) is 282 Å². The number of para-hydroxylation sites is 2. The molecule has 0 atom stereocenters. The summed E-state index contributed by atoms with van der Waals surface area (Å²) in [6.45, 7) is 8.88. The lowest BCUT2D eigenvalue weighted by molar-refractivity contribution is 0.638. The van der Waals surface area contributed by atoms with Crippen LogP contribution in [0.1, 0.15) is 36.5 Å². The molecular weight excluding hydrogens is 1010 g/mol. The van der Waals surface area contributed by atoms with Crippen LogP contribution in [0.4, 0.5) is 34.1 Å². The van der Waals surface area contributed by atoms with Gasteiger partial charge in [0.05, 0.1) is 11.4 Å². The van der Waals surface area contributed by atoms with E-state index in [9.17, 15) is 0 Å². The third kappa shape index (κ3) is 8.70. The summed E-state index contributed by atoms with van der Waals surface area (Å²) in [5.74, 6) is 0.119. The molecule has 83 heavy (non-hydrogen) atoms. The van der Waals surface area contributed by atoms with Crippen LogP contribution in [0.3, 0.4) is 0 Å². The third-order valence-corrected chi connectivity index (χ3v) is 16.8. The average Bonchev–Trinajstić information content (AvgIpc) is 4.27. The summed E-state index contributed by atoms with van der Waals surface area (Å²) >= 11 is 0. The second-order valence-corrected chi connectivity index (χ2v) is 22.3. The van der Waals surface area contributed by atoms with Gasteiger partial charge in [-0.3, -0.25) is 0 Å². The van der Waals surface area contributed by atoms with Gasteiger partial charge in [-0.05, 0) is 177 Å². The van der Waals surface area contributed by atoms with Gasteiger partial charge in [0.1, 0.15) is 22.3 Å². The molecule has 0 aliphatic rings. The topological polar surface area (TPSA) is 32.8 Å². The Morgan fingerprint density at radius 3 is 1.07 bits per heavy atom. The Kier molecular flexibility index (Phi) is 12.1. The van der Waals surface area contributed by atoms with E-state index >= 15 is 0 Å². The number of anilines is 6. The van der Waals surface area contributed by atoms with Crippen molar-refractivity contribution in [3.8, 4) is 44.5 Å². The van der Waals surface area contributed by atoms with Crippen molar-refractivity contribution in [1.29, 1.82) is 0 Å². The van der Waals surface area contributed by atoms with Gasteiger partial charge in [-0.1, -0.05) is 196 Å². The second-order valence-electron chi connectivity index (χ2n) is 22.3. The third-order valence-electron chi connectivity index (χ3n) is 16.8. The molecule has 0 saturated heterocycles. The van der Waals surface area contributed by atoms with E-state index in [4.69, 9.17) is 8.83 Å². The largest absolute Gasteiger partial charge is 0.456 e. The van der Waals surface area contributed by atoms with Crippen molar-refractivity contribution in [3.63, 3.8) is 0 Å². The van der Waals surface area contributed by atoms with Gasteiger partial charge in [-0.2, -0.15) is 0 Å². The Morgan fingerprint density at radius 1 is 0.289 bits per heavy atom. The van der Waals surface area contributed by atoms with Crippen LogP contribution in [0, 0.1) is 13.8 Å². The van der Waals surface area contributed by atoms with Crippen LogP contribution in [-0.2, 0) is 0 Å². The van der Waals surface area contributed by atoms with Crippen LogP contribution < -0.4 is 9.80 Å². The monoisotopic (exact) mass is 1070 g/mol. The maximum atomic E-state index is 7.09. The molecule has 15 aromatic rings. The van der Waals surface area contributed by atoms with Gasteiger partial charge in [0.25, 0.3) is 0 Å². The highest BCUT2D eigenvalue weighted by atomic mass is 16.3. The molecule has 2 aromatic heterocycles. The van der Waals surface area contributed by atoms with E-state index < -0.39 is 0 Å². The van der Waals surface area contributed by atoms with Gasteiger partial charge in [-0.25, -0.2) is 0 Å². The summed E-state index contributed by atoms with van der Waals surface area (Å²) in [5.41, 5.74) is 22.8. The number of benzene rings is 13. The van der Waals surface area contributed by atoms with Crippen molar-refractivity contribution in [3.05, 3.63) is 290 Å². The number of hydrogen-bond donors (Lipinski definition) is 0. The molecule has 4 heteroatoms. The summed E-state index contributed by atoms with van der Waals surface area (Å²) in [6, 6.07) is 99.0. The predicted octanol–water partition coefficient (Wildman–Crippen LogP) is 23.1. The van der Waals surface area contributed by atoms with E-state index in [1.54, 1.807) is 0 Å². The number of fused-ring (bicyclic) bond motifs is 8. The predicted molar refractivity (Wildman–Crippen MR) is 351 cm³/mol. The van der Waals surface area contributed by atoms with Crippen LogP contribution in [0.5, 0.6) is 0 Å². The molecule has 0 amide bonds. The van der Waals surface area contributed by atoms with E-state index in [1.165, 1.54) is 33.4 Å². The molecule has 396 valence electrons. The fourth-order valence-corrected chi connectivity index (χ4v) is 12.7. The fourth-order valence-electron chi connectivity index (χ4n) is 12.7. The van der Waals surface area contributed by atoms with Crippen molar-refractivity contribution >= 4 is 99.5 Å². The first-order chi connectivity index (χ1) is 40.8. The Balaban J connectivity index is 0.856. The summed E-state index contributed by atoms with van der Waals surface area (Å²) in [5, 5.41) is 8.84. The lowest BCUT2D eigenvalue weighted by Crippen LogP contribution is -2.12. The smallest absolute Gasteiger partial charge is 0.142 e. The number of hydrogen-bond acceptors (Lipinski definition) is 4. The summed E-state index contributed by atoms with van der Waals surface area (Å²) in [7, 11) is 0. The van der Waals surface area contributed by atoms with E-state index in [0.717, 1.165) is 127 Å². The van der Waals surface area contributed by atoms with Crippen LogP contribution in [-0.4, -0.2) is 0 Å². The lowest BCUT2D eigenvalue weighted by Gasteiger charge is -2.30. The molecule has 2 heterocycles. The van der Waals surface area contributed by atoms with Crippen LogP contribution in [0.2, 0.25) is 0 Å². The molecule has 4 nitrogen and oxygen atoms in total. The Bertz CT molecular complexity index is 4650. The first-order valence-electron chi connectivity index (χ1n) is 28.7. The molecule has 0 aliphatic carbocycles. The summed E-state index contributed by atoms with van der Waals surface area (Å²) < 4.78 is 14.2. The van der Waals surface area contributed by atoms with E-state index in [1.807, 2.05) is 0 Å². The molecule has 15 rings (SSSR count). The maximum absolute atomic E-state index is 7.09. The second kappa shape index (κ2) is 20.3. The van der Waals surface area contributed by atoms with Crippen molar-refractivity contribution < 1.29 is 8.83 Å². The molecule has 0 aliphatic heterocycles. The fraction of sp³-hybridized carbons (Fsp3) is 0.0633. The number of aryl methyl sites for hydroxylation is 2. The Hall–Kier alpha value is -10.4. The molecule has 13 aromatic carbocycles. The van der Waals surface area contributed by atoms with Crippen LogP contribution >= 0.6 is 0 Å². The minimum Gasteiger partial charge on any atom is -0.456 e. The normalized spacial score (nSPS) is 11.7. The van der Waals surface area contributed by atoms with Gasteiger partial charge in [-0.15, -0.1) is 0 Å². The number of rotatable bonds is 11. The van der Waals surface area contributed by atoms with E-state index in [2.05, 4.69) is 310 Å². The minimum atomic E-state index is 0.119. The SMILES string of the molecule is Cc1ccccc1N(c1ccc2cc3c(cc2c1)oc1c(C(C)C)c2oc4cc5cc(N(c6ccccc6C)c6ccc(-c7ccccc7)cc6-c6ccccc6)ccc5cc4c2cc13)c1ccc(-c2ccccc2)cc1-c1ccccc1. The molecule has 0 saturated carbocycles. The van der Waals surface area contributed by atoms with E-state index in [-0.39, 0.29) is 5.92 Å². The highest BCUT2D eigenvalue weighted by Gasteiger charge is 2.26.